The second-order valence-corrected chi connectivity index (χ2v) is 6.68. The Labute approximate surface area is 142 Å². The maximum Gasteiger partial charge on any atom is 0.413 e. The molecule has 1 heterocycles. The second kappa shape index (κ2) is 6.29. The van der Waals surface area contributed by atoms with Crippen LogP contribution in [0.2, 0.25) is 0 Å². The van der Waals surface area contributed by atoms with Gasteiger partial charge >= 0.3 is 6.09 Å². The lowest BCUT2D eigenvalue weighted by atomic mass is 9.87. The third kappa shape index (κ3) is 3.02. The lowest BCUT2D eigenvalue weighted by molar-refractivity contribution is -0.141. The molecular formula is C20H23NO3. The summed E-state index contributed by atoms with van der Waals surface area (Å²) < 4.78 is 5.61. The molecule has 1 fully saturated rings. The van der Waals surface area contributed by atoms with Crippen LogP contribution in [0, 0.1) is 0 Å². The molecule has 3 rings (SSSR count). The van der Waals surface area contributed by atoms with E-state index in [4.69, 9.17) is 4.74 Å². The van der Waals surface area contributed by atoms with E-state index in [1.807, 2.05) is 60.7 Å². The molecule has 0 spiro atoms. The van der Waals surface area contributed by atoms with Crippen molar-refractivity contribution in [3.8, 4) is 0 Å². The standard InChI is InChI=1S/C20H23NO3/c1-19(14-13-16-9-5-3-6-10-16)20(2,23)21(18(22)24-19)15-17-11-7-4-8-12-17/h3-12,23H,13-15H2,1-2H3/t19-,20+/m1/s1. The number of rotatable bonds is 5. The van der Waals surface area contributed by atoms with Gasteiger partial charge in [0.25, 0.3) is 0 Å². The molecule has 0 saturated carbocycles. The second-order valence-electron chi connectivity index (χ2n) is 6.68. The summed E-state index contributed by atoms with van der Waals surface area (Å²) in [5, 5.41) is 11.1. The number of carbonyl (C=O) groups excluding carboxylic acids is 1. The van der Waals surface area contributed by atoms with Crippen molar-refractivity contribution < 1.29 is 14.6 Å². The Morgan fingerprint density at radius 3 is 2.08 bits per heavy atom. The number of cyclic esters (lactones) is 1. The zero-order valence-electron chi connectivity index (χ0n) is 14.1. The molecular weight excluding hydrogens is 302 g/mol. The Hall–Kier alpha value is -2.33. The van der Waals surface area contributed by atoms with E-state index in [0.29, 0.717) is 13.0 Å². The monoisotopic (exact) mass is 325 g/mol. The van der Waals surface area contributed by atoms with Crippen molar-refractivity contribution in [1.29, 1.82) is 0 Å². The zero-order chi connectivity index (χ0) is 17.2. The first kappa shape index (κ1) is 16.5. The maximum absolute atomic E-state index is 12.4. The molecule has 0 radical (unpaired) electrons. The van der Waals surface area contributed by atoms with Crippen LogP contribution in [0.3, 0.4) is 0 Å². The van der Waals surface area contributed by atoms with E-state index in [2.05, 4.69) is 0 Å². The number of amides is 1. The van der Waals surface area contributed by atoms with Crippen molar-refractivity contribution in [2.45, 2.75) is 44.6 Å². The number of benzene rings is 2. The largest absolute Gasteiger partial charge is 0.438 e. The quantitative estimate of drug-likeness (QED) is 0.911. The first-order valence-corrected chi connectivity index (χ1v) is 8.23. The third-order valence-corrected chi connectivity index (χ3v) is 4.98. The summed E-state index contributed by atoms with van der Waals surface area (Å²) in [6.07, 6.45) is 0.820. The molecule has 2 aromatic carbocycles. The number of carbonyl (C=O) groups is 1. The molecule has 0 aromatic heterocycles. The molecule has 24 heavy (non-hydrogen) atoms. The summed E-state index contributed by atoms with van der Waals surface area (Å²) in [7, 11) is 0. The number of ether oxygens (including phenoxy) is 1. The van der Waals surface area contributed by atoms with Crippen LogP contribution in [0.25, 0.3) is 0 Å². The number of aryl methyl sites for hydroxylation is 1. The average molecular weight is 325 g/mol. The number of nitrogens with zero attached hydrogens (tertiary/aromatic N) is 1. The van der Waals surface area contributed by atoms with Gasteiger partial charge in [-0.15, -0.1) is 0 Å². The first-order chi connectivity index (χ1) is 11.4. The van der Waals surface area contributed by atoms with E-state index in [1.165, 1.54) is 4.90 Å². The summed E-state index contributed by atoms with van der Waals surface area (Å²) >= 11 is 0. The molecule has 0 bridgehead atoms. The Balaban J connectivity index is 1.76. The maximum atomic E-state index is 12.4. The van der Waals surface area contributed by atoms with Crippen molar-refractivity contribution in [2.75, 3.05) is 0 Å². The minimum Gasteiger partial charge on any atom is -0.438 e. The molecule has 2 atom stereocenters. The van der Waals surface area contributed by atoms with E-state index in [1.54, 1.807) is 13.8 Å². The van der Waals surface area contributed by atoms with E-state index in [9.17, 15) is 9.90 Å². The van der Waals surface area contributed by atoms with E-state index in [-0.39, 0.29) is 0 Å². The summed E-state index contributed by atoms with van der Waals surface area (Å²) in [5.74, 6) is 0. The Bertz CT molecular complexity index is 697. The number of hydrogen-bond donors (Lipinski definition) is 1. The van der Waals surface area contributed by atoms with Crippen molar-refractivity contribution in [1.82, 2.24) is 4.90 Å². The van der Waals surface area contributed by atoms with Gasteiger partial charge in [0.05, 0.1) is 6.54 Å². The lowest BCUT2D eigenvalue weighted by Gasteiger charge is -2.37. The van der Waals surface area contributed by atoms with Crippen molar-refractivity contribution in [3.63, 3.8) is 0 Å². The molecule has 0 unspecified atom stereocenters. The molecule has 4 heteroatoms. The predicted octanol–water partition coefficient (Wildman–Crippen LogP) is 3.74. The minimum atomic E-state index is -1.37. The molecule has 1 aliphatic rings. The highest BCUT2D eigenvalue weighted by atomic mass is 16.6. The summed E-state index contributed by atoms with van der Waals surface area (Å²) in [6.45, 7) is 3.79. The van der Waals surface area contributed by atoms with E-state index in [0.717, 1.165) is 17.5 Å². The van der Waals surface area contributed by atoms with Gasteiger partial charge in [-0.3, -0.25) is 4.90 Å². The zero-order valence-corrected chi connectivity index (χ0v) is 14.1. The van der Waals surface area contributed by atoms with Crippen LogP contribution in [-0.4, -0.2) is 27.4 Å². The van der Waals surface area contributed by atoms with Gasteiger partial charge in [-0.25, -0.2) is 4.79 Å². The Morgan fingerprint density at radius 2 is 1.50 bits per heavy atom. The fourth-order valence-corrected chi connectivity index (χ4v) is 3.11. The Kier molecular flexibility index (Phi) is 4.33. The summed E-state index contributed by atoms with van der Waals surface area (Å²) in [4.78, 5) is 13.8. The Morgan fingerprint density at radius 1 is 0.958 bits per heavy atom. The normalized spacial score (nSPS) is 26.5. The van der Waals surface area contributed by atoms with Gasteiger partial charge in [0.15, 0.2) is 11.3 Å². The molecule has 1 N–H and O–H groups in total. The van der Waals surface area contributed by atoms with Gasteiger partial charge in [0.1, 0.15) is 0 Å². The van der Waals surface area contributed by atoms with E-state index < -0.39 is 17.4 Å². The fraction of sp³-hybridized carbons (Fsp3) is 0.350. The molecule has 2 aromatic rings. The average Bonchev–Trinajstić information content (AvgIpc) is 2.75. The third-order valence-electron chi connectivity index (χ3n) is 4.98. The highest BCUT2D eigenvalue weighted by molar-refractivity contribution is 5.72. The van der Waals surface area contributed by atoms with Gasteiger partial charge in [-0.05, 0) is 37.8 Å². The van der Waals surface area contributed by atoms with Crippen LogP contribution in [0.15, 0.2) is 60.7 Å². The van der Waals surface area contributed by atoms with Gasteiger partial charge in [-0.2, -0.15) is 0 Å². The van der Waals surface area contributed by atoms with Gasteiger partial charge in [0, 0.05) is 0 Å². The van der Waals surface area contributed by atoms with Crippen LogP contribution >= 0.6 is 0 Å². The minimum absolute atomic E-state index is 0.327. The first-order valence-electron chi connectivity index (χ1n) is 8.23. The van der Waals surface area contributed by atoms with Gasteiger partial charge in [0.2, 0.25) is 0 Å². The summed E-state index contributed by atoms with van der Waals surface area (Å²) in [6, 6.07) is 19.6. The summed E-state index contributed by atoms with van der Waals surface area (Å²) in [5.41, 5.74) is -0.197. The highest BCUT2D eigenvalue weighted by Gasteiger charge is 2.58. The van der Waals surface area contributed by atoms with Gasteiger partial charge < -0.3 is 9.84 Å². The molecule has 1 amide bonds. The number of hydrogen-bond acceptors (Lipinski definition) is 3. The predicted molar refractivity (Wildman–Crippen MR) is 92.3 cm³/mol. The molecule has 0 aliphatic carbocycles. The SMILES string of the molecule is C[C@]1(CCc2ccccc2)OC(=O)N(Cc2ccccc2)[C@@]1(C)O. The molecule has 4 nitrogen and oxygen atoms in total. The van der Waals surface area contributed by atoms with Crippen molar-refractivity contribution >= 4 is 6.09 Å². The van der Waals surface area contributed by atoms with Crippen LogP contribution < -0.4 is 0 Å². The topological polar surface area (TPSA) is 49.8 Å². The van der Waals surface area contributed by atoms with Crippen LogP contribution in [-0.2, 0) is 17.7 Å². The molecule has 1 saturated heterocycles. The number of aliphatic hydroxyl groups is 1. The van der Waals surface area contributed by atoms with Gasteiger partial charge in [-0.1, -0.05) is 60.7 Å². The van der Waals surface area contributed by atoms with E-state index >= 15 is 0 Å². The molecule has 126 valence electrons. The van der Waals surface area contributed by atoms with Crippen LogP contribution in [0.1, 0.15) is 31.4 Å². The van der Waals surface area contributed by atoms with Crippen molar-refractivity contribution in [2.24, 2.45) is 0 Å². The highest BCUT2D eigenvalue weighted by Crippen LogP contribution is 2.41. The fourth-order valence-electron chi connectivity index (χ4n) is 3.11. The smallest absolute Gasteiger partial charge is 0.413 e. The van der Waals surface area contributed by atoms with Crippen LogP contribution in [0.4, 0.5) is 4.79 Å². The van der Waals surface area contributed by atoms with Crippen molar-refractivity contribution in [3.05, 3.63) is 71.8 Å². The van der Waals surface area contributed by atoms with Crippen LogP contribution in [0.5, 0.6) is 0 Å². The molecule has 1 aliphatic heterocycles. The lowest BCUT2D eigenvalue weighted by Crippen LogP contribution is -2.54.